The van der Waals surface area contributed by atoms with Gasteiger partial charge in [0.1, 0.15) is 13.1 Å². The number of nitrogens with zero attached hydrogens (tertiary/aromatic N) is 4. The molecule has 0 radical (unpaired) electrons. The molecule has 96 heavy (non-hydrogen) atoms. The van der Waals surface area contributed by atoms with Gasteiger partial charge in [-0.25, -0.2) is 0 Å². The van der Waals surface area contributed by atoms with Crippen molar-refractivity contribution in [3.05, 3.63) is 169 Å². The van der Waals surface area contributed by atoms with Crippen LogP contribution in [0.3, 0.4) is 0 Å². The third-order valence-corrected chi connectivity index (χ3v) is 20.9. The molecule has 5 aromatic carbocycles. The molecule has 0 saturated carbocycles. The number of para-hydroxylation sites is 1. The van der Waals surface area contributed by atoms with Crippen LogP contribution in [0.5, 0.6) is 0 Å². The Balaban J connectivity index is 0.000000657. The highest BCUT2D eigenvalue weighted by molar-refractivity contribution is 9.09. The minimum absolute atomic E-state index is 0. The zero-order valence-electron chi connectivity index (χ0n) is 61.6. The zero-order chi connectivity index (χ0) is 70.0. The van der Waals surface area contributed by atoms with Crippen LogP contribution in [0.2, 0.25) is 0 Å². The Bertz CT molecular complexity index is 3050. The Morgan fingerprint density at radius 3 is 1.25 bits per heavy atom. The first kappa shape index (κ1) is 90.5. The Hall–Kier alpha value is -3.55. The van der Waals surface area contributed by atoms with Gasteiger partial charge in [0.15, 0.2) is 23.1 Å². The summed E-state index contributed by atoms with van der Waals surface area (Å²) in [5, 5.41) is 9.78. The number of nitrogens with one attached hydrogen (secondary N) is 2. The lowest BCUT2D eigenvalue weighted by Crippen LogP contribution is -3.00. The van der Waals surface area contributed by atoms with Crippen molar-refractivity contribution in [2.75, 3.05) is 114 Å². The number of aryl methyl sites for hydroxylation is 10. The number of alkyl halides is 3. The molecule has 1 amide bonds. The van der Waals surface area contributed by atoms with Gasteiger partial charge in [-0.3, -0.25) is 33.8 Å². The van der Waals surface area contributed by atoms with Crippen LogP contribution in [0.1, 0.15) is 156 Å². The smallest absolute Gasteiger partial charge is 0.241 e. The van der Waals surface area contributed by atoms with Gasteiger partial charge in [0.25, 0.3) is 0 Å². The normalized spacial score (nSPS) is 15.5. The molecule has 2 N–H and O–H groups in total. The molecule has 4 atom stereocenters. The van der Waals surface area contributed by atoms with E-state index in [2.05, 4.69) is 220 Å². The summed E-state index contributed by atoms with van der Waals surface area (Å²) in [6.07, 6.45) is 12.1. The Morgan fingerprint density at radius 1 is 0.510 bits per heavy atom. The van der Waals surface area contributed by atoms with Crippen LogP contribution in [0.15, 0.2) is 91.0 Å². The summed E-state index contributed by atoms with van der Waals surface area (Å²) >= 11 is 10.0. The standard InChI is InChI=1S/C31H45N3O2.C17H27BrNO.C15H21NO.C14H21NO.C3H6Br2.2BrH/c1-7-34(6,22-27(35)21-28-23(2)13-10-14-24(28)3)20-12-19-33-18-9-8-17-29(33)31(36)32-30-25(4)15-11-16-26(30)5;1-5-19(4,11-7-10-18)13-16(20)12-17-14(2)8-6-9-15(17)3;1-11-6-5-7-12(2)13(11)10-15(17)14-8-3-4-9-16-14;1-5-15(4)10-13(16)9-14-11(2)7-6-8-12(14)3;4-2-1-3-5;;/h10-11,13-16,29H,7-9,12,17-22H2,1-6H3;6,8-9H,5,7,10-13H2,1-4H3;5-7,14,16H,3-4,8-10H2,1-2H3;6-8H,5,9-10H2,1-4H3;1-3H2;2*1H/q;+1;;;;;/p-1. The number of halogens is 5. The molecular weight excluding hydrogens is 1520 g/mol. The van der Waals surface area contributed by atoms with Crippen LogP contribution in [0.4, 0.5) is 5.69 Å². The lowest BCUT2D eigenvalue weighted by Gasteiger charge is -2.37. The highest BCUT2D eigenvalue weighted by atomic mass is 79.9. The van der Waals surface area contributed by atoms with Crippen molar-refractivity contribution in [1.82, 2.24) is 15.1 Å². The second-order valence-electron chi connectivity index (χ2n) is 27.2. The Kier molecular flexibility index (Phi) is 45.5. The van der Waals surface area contributed by atoms with Gasteiger partial charge in [0.05, 0.1) is 58.9 Å². The number of Topliss-reactive ketones (excluding diaryl/α,β-unsaturated/α-hetero) is 4. The number of carbonyl (C=O) groups excluding carboxylic acids is 5. The number of ketones is 4. The van der Waals surface area contributed by atoms with Crippen LogP contribution in [-0.2, 0) is 49.7 Å². The fourth-order valence-electron chi connectivity index (χ4n) is 12.6. The molecule has 2 fully saturated rings. The molecule has 5 aromatic rings. The number of anilines is 1. The van der Waals surface area contributed by atoms with E-state index in [1.54, 1.807) is 0 Å². The zero-order valence-corrected chi connectivity index (χ0v) is 69.6. The van der Waals surface area contributed by atoms with E-state index in [9.17, 15) is 24.0 Å². The van der Waals surface area contributed by atoms with Gasteiger partial charge in [0.2, 0.25) is 5.91 Å². The molecular formula is C80H121Br5N6O5. The number of likely N-dealkylation sites (tertiary alicyclic amines) is 1. The number of quaternary nitrogens is 2. The van der Waals surface area contributed by atoms with Gasteiger partial charge in [-0.05, 0) is 220 Å². The summed E-state index contributed by atoms with van der Waals surface area (Å²) in [5.74, 6) is 1.41. The van der Waals surface area contributed by atoms with Gasteiger partial charge in [-0.2, -0.15) is 0 Å². The molecule has 0 aromatic heterocycles. The van der Waals surface area contributed by atoms with E-state index in [1.807, 2.05) is 50.1 Å². The minimum atomic E-state index is -0.0798. The molecule has 0 spiro atoms. The van der Waals surface area contributed by atoms with Gasteiger partial charge in [0, 0.05) is 66.7 Å². The van der Waals surface area contributed by atoms with E-state index in [4.69, 9.17) is 0 Å². The first-order valence-corrected chi connectivity index (χ1v) is 38.2. The summed E-state index contributed by atoms with van der Waals surface area (Å²) in [5.41, 5.74) is 17.7. The summed E-state index contributed by atoms with van der Waals surface area (Å²) in [6, 6.07) is 31.0. The van der Waals surface area contributed by atoms with Crippen molar-refractivity contribution in [1.29, 1.82) is 0 Å². The van der Waals surface area contributed by atoms with E-state index in [1.165, 1.54) is 86.0 Å². The topological polar surface area (TPSA) is 116 Å². The molecule has 2 saturated heterocycles. The maximum absolute atomic E-state index is 13.3. The first-order chi connectivity index (χ1) is 44.7. The molecule has 2 aliphatic rings. The van der Waals surface area contributed by atoms with Crippen LogP contribution in [0, 0.1) is 69.2 Å². The lowest BCUT2D eigenvalue weighted by molar-refractivity contribution is -0.900. The number of hydrogen-bond acceptors (Lipinski definition) is 8. The quantitative estimate of drug-likeness (QED) is 0.0359. The minimum Gasteiger partial charge on any atom is -1.00 e. The fourth-order valence-corrected chi connectivity index (χ4v) is 14.1. The van der Waals surface area contributed by atoms with Gasteiger partial charge in [-0.1, -0.05) is 159 Å². The van der Waals surface area contributed by atoms with Gasteiger partial charge >= 0.3 is 0 Å². The van der Waals surface area contributed by atoms with Crippen molar-refractivity contribution in [2.45, 2.75) is 186 Å². The highest BCUT2D eigenvalue weighted by Gasteiger charge is 2.31. The number of hydrogen-bond donors (Lipinski definition) is 2. The first-order valence-electron chi connectivity index (χ1n) is 34.9. The number of likely N-dealkylation sites (N-methyl/N-ethyl adjacent to an activating group) is 3. The second-order valence-corrected chi connectivity index (χ2v) is 29.5. The van der Waals surface area contributed by atoms with Crippen molar-refractivity contribution >= 4 is 82.5 Å². The van der Waals surface area contributed by atoms with Crippen LogP contribution in [0.25, 0.3) is 0 Å². The average molecular weight is 1650 g/mol. The largest absolute Gasteiger partial charge is 1.00 e. The van der Waals surface area contributed by atoms with E-state index in [0.29, 0.717) is 68.5 Å². The number of piperidine rings is 2. The number of rotatable bonds is 29. The van der Waals surface area contributed by atoms with E-state index >= 15 is 0 Å². The van der Waals surface area contributed by atoms with E-state index in [0.717, 1.165) is 133 Å². The maximum atomic E-state index is 13.3. The van der Waals surface area contributed by atoms with Crippen molar-refractivity contribution in [3.8, 4) is 0 Å². The summed E-state index contributed by atoms with van der Waals surface area (Å²) in [6.45, 7) is 36.6. The lowest BCUT2D eigenvalue weighted by atomic mass is 9.92. The van der Waals surface area contributed by atoms with Crippen LogP contribution in [-0.4, -0.2) is 169 Å². The fraction of sp³-hybridized carbons (Fsp3) is 0.562. The molecule has 4 unspecified atom stereocenters. The molecule has 11 nitrogen and oxygen atoms in total. The third kappa shape index (κ3) is 32.4. The van der Waals surface area contributed by atoms with Gasteiger partial charge in [-0.15, -0.1) is 0 Å². The highest BCUT2D eigenvalue weighted by Crippen LogP contribution is 2.25. The summed E-state index contributed by atoms with van der Waals surface area (Å²) in [7, 11) is 6.36. The van der Waals surface area contributed by atoms with Gasteiger partial charge < -0.3 is 53.6 Å². The maximum Gasteiger partial charge on any atom is 0.241 e. The van der Waals surface area contributed by atoms with Crippen LogP contribution >= 0.6 is 47.8 Å². The van der Waals surface area contributed by atoms with E-state index < -0.39 is 0 Å². The Morgan fingerprint density at radius 2 is 0.885 bits per heavy atom. The summed E-state index contributed by atoms with van der Waals surface area (Å²) in [4.78, 5) is 67.2. The number of amides is 1. The molecule has 2 heterocycles. The SMILES string of the molecule is BrCCCBr.CCN(C)CC(=O)Cc1c(C)cccc1C.CC[N+](C)(CCCBr)CC(=O)Cc1c(C)cccc1C.CC[N+](C)(CCCN1CCCCC1C(=O)Nc1c(C)cccc1C)CC(=O)Cc1c(C)cccc1C.Cc1cccc(C)c1CC(=O)C1CCCCN1.[Br-].[Br-]. The van der Waals surface area contributed by atoms with Crippen LogP contribution < -0.4 is 44.6 Å². The van der Waals surface area contributed by atoms with Crippen molar-refractivity contribution in [2.24, 2.45) is 0 Å². The summed E-state index contributed by atoms with van der Waals surface area (Å²) < 4.78 is 1.59. The number of benzene rings is 5. The molecule has 7 rings (SSSR count). The van der Waals surface area contributed by atoms with Crippen molar-refractivity contribution in [3.63, 3.8) is 0 Å². The predicted octanol–water partition coefficient (Wildman–Crippen LogP) is 10.1. The number of carbonyl (C=O) groups is 5. The van der Waals surface area contributed by atoms with Crippen molar-refractivity contribution < 1.29 is 66.9 Å². The molecule has 0 bridgehead atoms. The monoisotopic (exact) mass is 1640 g/mol. The molecule has 16 heteroatoms. The molecule has 0 aliphatic carbocycles. The predicted molar refractivity (Wildman–Crippen MR) is 409 cm³/mol. The molecule has 536 valence electrons. The third-order valence-electron chi connectivity index (χ3n) is 19.3. The molecule has 2 aliphatic heterocycles. The Labute approximate surface area is 628 Å². The van der Waals surface area contributed by atoms with E-state index in [-0.39, 0.29) is 52.0 Å². The average Bonchev–Trinajstić information content (AvgIpc) is 0.910. The second kappa shape index (κ2) is 48.3.